The number of alkyl carbamates (subject to hydrolysis) is 1. The Morgan fingerprint density at radius 1 is 1.33 bits per heavy atom. The molecule has 0 bridgehead atoms. The topological polar surface area (TPSA) is 84.6 Å². The molecule has 0 heterocycles. The van der Waals surface area contributed by atoms with Crippen molar-refractivity contribution in [3.05, 3.63) is 29.3 Å². The largest absolute Gasteiger partial charge is 0.444 e. The molecule has 1 atom stereocenters. The average Bonchev–Trinajstić information content (AvgIpc) is 2.41. The Labute approximate surface area is 146 Å². The smallest absolute Gasteiger partial charge is 0.407 e. The van der Waals surface area contributed by atoms with Crippen molar-refractivity contribution in [1.82, 2.24) is 5.32 Å². The summed E-state index contributed by atoms with van der Waals surface area (Å²) in [7, 11) is 6.16. The lowest BCUT2D eigenvalue weighted by Gasteiger charge is -2.22. The molecule has 2 radical (unpaired) electrons. The standard InChI is InChI=1S/C18H29BN2O3/c1-17(2,3)24-16(22)21-11-14(19)13-8-6-7-12(15(13)20)9-10-18(4,5)23/h6-8,14,23H,9-11,20H2,1-5H3,(H,21,22). The van der Waals surface area contributed by atoms with Gasteiger partial charge in [-0.1, -0.05) is 18.2 Å². The summed E-state index contributed by atoms with van der Waals surface area (Å²) in [5, 5.41) is 12.5. The Balaban J connectivity index is 2.70. The van der Waals surface area contributed by atoms with Crippen LogP contribution < -0.4 is 11.1 Å². The number of hydrogen-bond acceptors (Lipinski definition) is 4. The van der Waals surface area contributed by atoms with Gasteiger partial charge in [0, 0.05) is 12.2 Å². The Morgan fingerprint density at radius 2 is 1.96 bits per heavy atom. The van der Waals surface area contributed by atoms with E-state index in [4.69, 9.17) is 18.3 Å². The fourth-order valence-corrected chi connectivity index (χ4v) is 2.23. The van der Waals surface area contributed by atoms with Crippen molar-refractivity contribution in [2.75, 3.05) is 12.3 Å². The molecule has 0 saturated carbocycles. The number of nitrogens with two attached hydrogens (primary N) is 1. The molecule has 24 heavy (non-hydrogen) atoms. The summed E-state index contributed by atoms with van der Waals surface area (Å²) in [6.07, 6.45) is 0.760. The lowest BCUT2D eigenvalue weighted by atomic mass is 9.79. The molecule has 0 spiro atoms. The second kappa shape index (κ2) is 7.93. The Kier molecular flexibility index (Phi) is 6.72. The lowest BCUT2D eigenvalue weighted by Crippen LogP contribution is -2.35. The first-order chi connectivity index (χ1) is 10.9. The molecule has 1 rings (SSSR count). The monoisotopic (exact) mass is 332 g/mol. The van der Waals surface area contributed by atoms with E-state index in [0.29, 0.717) is 18.5 Å². The lowest BCUT2D eigenvalue weighted by molar-refractivity contribution is 0.0527. The highest BCUT2D eigenvalue weighted by molar-refractivity contribution is 6.13. The zero-order valence-corrected chi connectivity index (χ0v) is 15.3. The number of ether oxygens (including phenoxy) is 1. The van der Waals surface area contributed by atoms with Crippen LogP contribution in [0.1, 0.15) is 58.0 Å². The minimum Gasteiger partial charge on any atom is -0.444 e. The van der Waals surface area contributed by atoms with Crippen LogP contribution in [0.5, 0.6) is 0 Å². The van der Waals surface area contributed by atoms with Gasteiger partial charge in [0.2, 0.25) is 0 Å². The quantitative estimate of drug-likeness (QED) is 0.552. The van der Waals surface area contributed by atoms with Gasteiger partial charge in [0.25, 0.3) is 0 Å². The van der Waals surface area contributed by atoms with Gasteiger partial charge in [-0.25, -0.2) is 4.79 Å². The van der Waals surface area contributed by atoms with Gasteiger partial charge in [-0.2, -0.15) is 0 Å². The SMILES string of the molecule is [B]C(CNC(=O)OC(C)(C)C)c1cccc(CCC(C)(C)O)c1N. The predicted molar refractivity (Wildman–Crippen MR) is 98.2 cm³/mol. The van der Waals surface area contributed by atoms with Gasteiger partial charge < -0.3 is 20.9 Å². The van der Waals surface area contributed by atoms with E-state index < -0.39 is 23.1 Å². The van der Waals surface area contributed by atoms with Crippen molar-refractivity contribution in [3.63, 3.8) is 0 Å². The van der Waals surface area contributed by atoms with E-state index in [1.54, 1.807) is 34.6 Å². The van der Waals surface area contributed by atoms with E-state index in [0.717, 1.165) is 11.1 Å². The number of hydrogen-bond donors (Lipinski definition) is 3. The van der Waals surface area contributed by atoms with Gasteiger partial charge >= 0.3 is 6.09 Å². The molecule has 132 valence electrons. The molecular weight excluding hydrogens is 303 g/mol. The highest BCUT2D eigenvalue weighted by atomic mass is 16.6. The van der Waals surface area contributed by atoms with Gasteiger partial charge in [0.1, 0.15) is 5.60 Å². The summed E-state index contributed by atoms with van der Waals surface area (Å²) in [5.74, 6) is -0.431. The van der Waals surface area contributed by atoms with Gasteiger partial charge in [-0.05, 0) is 64.4 Å². The number of carbonyl (C=O) groups is 1. The van der Waals surface area contributed by atoms with Crippen LogP contribution in [0.2, 0.25) is 0 Å². The number of anilines is 1. The van der Waals surface area contributed by atoms with Crippen LogP contribution in [0, 0.1) is 0 Å². The minimum atomic E-state index is -0.747. The number of aryl methyl sites for hydroxylation is 1. The van der Waals surface area contributed by atoms with E-state index in [-0.39, 0.29) is 6.54 Å². The number of benzene rings is 1. The molecule has 0 fully saturated rings. The van der Waals surface area contributed by atoms with Crippen LogP contribution in [0.4, 0.5) is 10.5 Å². The average molecular weight is 332 g/mol. The van der Waals surface area contributed by atoms with Crippen molar-refractivity contribution >= 4 is 19.6 Å². The maximum absolute atomic E-state index is 11.7. The van der Waals surface area contributed by atoms with Gasteiger partial charge in [0.05, 0.1) is 13.4 Å². The molecule has 1 amide bonds. The van der Waals surface area contributed by atoms with Crippen LogP contribution in [0.3, 0.4) is 0 Å². The van der Waals surface area contributed by atoms with E-state index in [1.807, 2.05) is 18.2 Å². The van der Waals surface area contributed by atoms with E-state index in [2.05, 4.69) is 5.32 Å². The molecule has 1 unspecified atom stereocenters. The third-order valence-corrected chi connectivity index (χ3v) is 3.50. The van der Waals surface area contributed by atoms with E-state index in [1.165, 1.54) is 0 Å². The molecule has 1 aromatic rings. The number of rotatable bonds is 6. The summed E-state index contributed by atoms with van der Waals surface area (Å²) >= 11 is 0. The fourth-order valence-electron chi connectivity index (χ4n) is 2.23. The fraction of sp³-hybridized carbons (Fsp3) is 0.611. The van der Waals surface area contributed by atoms with Crippen molar-refractivity contribution in [2.24, 2.45) is 0 Å². The molecule has 0 aliphatic rings. The maximum atomic E-state index is 11.7. The van der Waals surface area contributed by atoms with Gasteiger partial charge in [-0.15, -0.1) is 0 Å². The second-order valence-corrected chi connectivity index (χ2v) is 7.72. The van der Waals surface area contributed by atoms with Crippen LogP contribution >= 0.6 is 0 Å². The summed E-state index contributed by atoms with van der Waals surface area (Å²) in [6, 6.07) is 5.67. The van der Waals surface area contributed by atoms with Crippen LogP contribution in [-0.2, 0) is 11.2 Å². The van der Waals surface area contributed by atoms with Crippen molar-refractivity contribution < 1.29 is 14.6 Å². The molecule has 0 aliphatic carbocycles. The van der Waals surface area contributed by atoms with Gasteiger partial charge in [0.15, 0.2) is 0 Å². The predicted octanol–water partition coefficient (Wildman–Crippen LogP) is 2.71. The van der Waals surface area contributed by atoms with Crippen LogP contribution in [0.25, 0.3) is 0 Å². The van der Waals surface area contributed by atoms with E-state index >= 15 is 0 Å². The van der Waals surface area contributed by atoms with Crippen LogP contribution in [0.15, 0.2) is 18.2 Å². The molecular formula is C18H29BN2O3. The third-order valence-electron chi connectivity index (χ3n) is 3.50. The molecule has 0 saturated heterocycles. The van der Waals surface area contributed by atoms with Crippen molar-refractivity contribution in [3.8, 4) is 0 Å². The highest BCUT2D eigenvalue weighted by Crippen LogP contribution is 2.26. The molecule has 1 aromatic carbocycles. The first-order valence-electron chi connectivity index (χ1n) is 8.21. The Hall–Kier alpha value is -1.69. The minimum absolute atomic E-state index is 0.230. The number of nitrogen functional groups attached to an aromatic ring is 1. The molecule has 5 nitrogen and oxygen atoms in total. The molecule has 6 heteroatoms. The Bertz CT molecular complexity index is 562. The number of carbonyl (C=O) groups excluding carboxylic acids is 1. The van der Waals surface area contributed by atoms with E-state index in [9.17, 15) is 9.90 Å². The van der Waals surface area contributed by atoms with Crippen LogP contribution in [-0.4, -0.2) is 36.8 Å². The van der Waals surface area contributed by atoms with Gasteiger partial charge in [-0.3, -0.25) is 0 Å². The summed E-state index contributed by atoms with van der Waals surface area (Å²) < 4.78 is 5.19. The normalized spacial score (nSPS) is 13.4. The number of amides is 1. The first-order valence-corrected chi connectivity index (χ1v) is 8.21. The second-order valence-electron chi connectivity index (χ2n) is 7.72. The summed E-state index contributed by atoms with van der Waals surface area (Å²) in [4.78, 5) is 11.7. The number of nitrogens with one attached hydrogen (secondary N) is 1. The summed E-state index contributed by atoms with van der Waals surface area (Å²) in [5.41, 5.74) is 7.25. The third kappa shape index (κ3) is 7.26. The van der Waals surface area contributed by atoms with Crippen molar-refractivity contribution in [2.45, 2.75) is 64.5 Å². The van der Waals surface area contributed by atoms with Crippen molar-refractivity contribution in [1.29, 1.82) is 0 Å². The Morgan fingerprint density at radius 3 is 2.50 bits per heavy atom. The highest BCUT2D eigenvalue weighted by Gasteiger charge is 2.18. The molecule has 4 N–H and O–H groups in total. The zero-order chi connectivity index (χ0) is 18.5. The summed E-state index contributed by atoms with van der Waals surface area (Å²) in [6.45, 7) is 9.17. The molecule has 0 aliphatic heterocycles. The number of para-hydroxylation sites is 1. The maximum Gasteiger partial charge on any atom is 0.407 e. The molecule has 0 aromatic heterocycles. The number of aliphatic hydroxyl groups is 1. The first kappa shape index (κ1) is 20.4. The zero-order valence-electron chi connectivity index (χ0n) is 15.3.